The second-order valence-electron chi connectivity index (χ2n) is 5.58. The third-order valence-corrected chi connectivity index (χ3v) is 4.22. The van der Waals surface area contributed by atoms with Gasteiger partial charge in [-0.05, 0) is 28.3 Å². The number of amides is 1. The minimum Gasteiger partial charge on any atom is -0.392 e. The molecule has 1 atom stereocenters. The number of hydrogen-bond donors (Lipinski definition) is 1. The average molecular weight is 293 g/mol. The van der Waals surface area contributed by atoms with Gasteiger partial charge >= 0.3 is 0 Å². The van der Waals surface area contributed by atoms with Crippen LogP contribution in [0, 0.1) is 0 Å². The molecule has 0 saturated heterocycles. The SMILES string of the molecule is C=CC(=O)N1Cc2ccc(CO)cc2[C@@H](c2ccccc2)C1. The number of carbonyl (C=O) groups excluding carboxylic acids is 1. The number of fused-ring (bicyclic) bond motifs is 1. The van der Waals surface area contributed by atoms with Crippen LogP contribution in [0.2, 0.25) is 0 Å². The predicted octanol–water partition coefficient (Wildman–Crippen LogP) is 2.84. The zero-order chi connectivity index (χ0) is 15.5. The Morgan fingerprint density at radius 3 is 2.73 bits per heavy atom. The number of aliphatic hydroxyl groups excluding tert-OH is 1. The molecule has 2 aromatic carbocycles. The topological polar surface area (TPSA) is 40.5 Å². The van der Waals surface area contributed by atoms with E-state index in [0.29, 0.717) is 13.1 Å². The fourth-order valence-corrected chi connectivity index (χ4v) is 3.07. The summed E-state index contributed by atoms with van der Waals surface area (Å²) in [7, 11) is 0. The van der Waals surface area contributed by atoms with E-state index in [4.69, 9.17) is 0 Å². The maximum absolute atomic E-state index is 12.0. The number of aliphatic hydroxyl groups is 1. The minimum atomic E-state index is -0.0437. The summed E-state index contributed by atoms with van der Waals surface area (Å²) in [5.74, 6) is 0.0816. The molecule has 2 aromatic rings. The standard InChI is InChI=1S/C19H19NO2/c1-2-19(22)20-11-16-9-8-14(13-21)10-17(16)18(12-20)15-6-4-3-5-7-15/h2-10,18,21H,1,11-13H2/t18-/m1/s1. The van der Waals surface area contributed by atoms with Gasteiger partial charge in [0.15, 0.2) is 0 Å². The molecule has 0 aromatic heterocycles. The molecule has 1 aliphatic heterocycles. The van der Waals surface area contributed by atoms with Crippen molar-refractivity contribution < 1.29 is 9.90 Å². The number of hydrogen-bond acceptors (Lipinski definition) is 2. The molecular formula is C19H19NO2. The number of benzene rings is 2. The van der Waals surface area contributed by atoms with Gasteiger partial charge in [-0.25, -0.2) is 0 Å². The molecule has 112 valence electrons. The van der Waals surface area contributed by atoms with Crippen molar-refractivity contribution in [2.75, 3.05) is 6.54 Å². The van der Waals surface area contributed by atoms with Gasteiger partial charge in [-0.1, -0.05) is 55.1 Å². The molecule has 1 amide bonds. The van der Waals surface area contributed by atoms with Gasteiger partial charge in [0.1, 0.15) is 0 Å². The van der Waals surface area contributed by atoms with Crippen molar-refractivity contribution in [3.05, 3.63) is 83.4 Å². The first kappa shape index (κ1) is 14.5. The van der Waals surface area contributed by atoms with E-state index in [1.54, 1.807) is 0 Å². The van der Waals surface area contributed by atoms with Gasteiger partial charge in [-0.3, -0.25) is 4.79 Å². The predicted molar refractivity (Wildman–Crippen MR) is 86.3 cm³/mol. The van der Waals surface area contributed by atoms with Gasteiger partial charge in [0, 0.05) is 19.0 Å². The monoisotopic (exact) mass is 293 g/mol. The van der Waals surface area contributed by atoms with E-state index in [-0.39, 0.29) is 18.4 Å². The van der Waals surface area contributed by atoms with E-state index in [0.717, 1.165) is 11.1 Å². The van der Waals surface area contributed by atoms with Gasteiger partial charge in [0.2, 0.25) is 5.91 Å². The van der Waals surface area contributed by atoms with Crippen LogP contribution in [-0.2, 0) is 17.9 Å². The molecule has 3 nitrogen and oxygen atoms in total. The molecule has 0 radical (unpaired) electrons. The van der Waals surface area contributed by atoms with Crippen molar-refractivity contribution in [1.82, 2.24) is 4.90 Å². The fourth-order valence-electron chi connectivity index (χ4n) is 3.07. The summed E-state index contributed by atoms with van der Waals surface area (Å²) in [5.41, 5.74) is 4.42. The third-order valence-electron chi connectivity index (χ3n) is 4.22. The lowest BCUT2D eigenvalue weighted by atomic mass is 9.83. The quantitative estimate of drug-likeness (QED) is 0.884. The van der Waals surface area contributed by atoms with Crippen LogP contribution >= 0.6 is 0 Å². The second-order valence-corrected chi connectivity index (χ2v) is 5.58. The Kier molecular flexibility index (Phi) is 4.07. The van der Waals surface area contributed by atoms with Crippen LogP contribution in [0.1, 0.15) is 28.2 Å². The molecule has 0 bridgehead atoms. The molecule has 1 heterocycles. The third kappa shape index (κ3) is 2.68. The lowest BCUT2D eigenvalue weighted by Crippen LogP contribution is -2.37. The Labute approximate surface area is 130 Å². The van der Waals surface area contributed by atoms with Crippen LogP contribution in [-0.4, -0.2) is 22.5 Å². The highest BCUT2D eigenvalue weighted by Crippen LogP contribution is 2.34. The maximum Gasteiger partial charge on any atom is 0.246 e. The summed E-state index contributed by atoms with van der Waals surface area (Å²) >= 11 is 0. The van der Waals surface area contributed by atoms with Gasteiger partial charge in [0.25, 0.3) is 0 Å². The Balaban J connectivity index is 2.07. The van der Waals surface area contributed by atoms with Crippen molar-refractivity contribution in [3.8, 4) is 0 Å². The first-order valence-corrected chi connectivity index (χ1v) is 7.41. The lowest BCUT2D eigenvalue weighted by Gasteiger charge is -2.35. The molecule has 1 aliphatic rings. The molecule has 0 aliphatic carbocycles. The Morgan fingerprint density at radius 1 is 1.27 bits per heavy atom. The van der Waals surface area contributed by atoms with Crippen LogP contribution in [0.25, 0.3) is 0 Å². The van der Waals surface area contributed by atoms with E-state index < -0.39 is 0 Å². The molecule has 22 heavy (non-hydrogen) atoms. The van der Waals surface area contributed by atoms with Crippen molar-refractivity contribution in [2.45, 2.75) is 19.1 Å². The van der Waals surface area contributed by atoms with Crippen molar-refractivity contribution in [1.29, 1.82) is 0 Å². The van der Waals surface area contributed by atoms with E-state index in [9.17, 15) is 9.90 Å². The maximum atomic E-state index is 12.0. The highest BCUT2D eigenvalue weighted by atomic mass is 16.3. The van der Waals surface area contributed by atoms with Crippen molar-refractivity contribution in [2.24, 2.45) is 0 Å². The molecule has 0 unspecified atom stereocenters. The van der Waals surface area contributed by atoms with E-state index in [1.807, 2.05) is 35.2 Å². The summed E-state index contributed by atoms with van der Waals surface area (Å²) in [6.45, 7) is 4.85. The first-order valence-electron chi connectivity index (χ1n) is 7.41. The van der Waals surface area contributed by atoms with Crippen molar-refractivity contribution in [3.63, 3.8) is 0 Å². The molecule has 0 saturated carbocycles. The van der Waals surface area contributed by atoms with Crippen LogP contribution in [0.15, 0.2) is 61.2 Å². The number of rotatable bonds is 3. The van der Waals surface area contributed by atoms with Gasteiger partial charge in [-0.2, -0.15) is 0 Å². The van der Waals surface area contributed by atoms with Crippen LogP contribution in [0.3, 0.4) is 0 Å². The van der Waals surface area contributed by atoms with Crippen LogP contribution in [0.4, 0.5) is 0 Å². The molecule has 3 rings (SSSR count). The average Bonchev–Trinajstić information content (AvgIpc) is 2.60. The molecule has 1 N–H and O–H groups in total. The molecule has 3 heteroatoms. The van der Waals surface area contributed by atoms with E-state index in [1.165, 1.54) is 17.2 Å². The van der Waals surface area contributed by atoms with Crippen LogP contribution in [0.5, 0.6) is 0 Å². The highest BCUT2D eigenvalue weighted by molar-refractivity contribution is 5.87. The fraction of sp³-hybridized carbons (Fsp3) is 0.211. The first-order chi connectivity index (χ1) is 10.7. The zero-order valence-corrected chi connectivity index (χ0v) is 12.4. The van der Waals surface area contributed by atoms with Gasteiger partial charge < -0.3 is 10.0 Å². The van der Waals surface area contributed by atoms with Gasteiger partial charge in [0.05, 0.1) is 6.61 Å². The lowest BCUT2D eigenvalue weighted by molar-refractivity contribution is -0.127. The summed E-state index contributed by atoms with van der Waals surface area (Å²) in [5, 5.41) is 9.40. The van der Waals surface area contributed by atoms with E-state index >= 15 is 0 Å². The zero-order valence-electron chi connectivity index (χ0n) is 12.4. The van der Waals surface area contributed by atoms with Crippen LogP contribution < -0.4 is 0 Å². The minimum absolute atomic E-state index is 0.0318. The Morgan fingerprint density at radius 2 is 2.05 bits per heavy atom. The number of nitrogens with zero attached hydrogens (tertiary/aromatic N) is 1. The Hall–Kier alpha value is -2.39. The van der Waals surface area contributed by atoms with Crippen molar-refractivity contribution >= 4 is 5.91 Å². The molecule has 0 spiro atoms. The molecular weight excluding hydrogens is 274 g/mol. The summed E-state index contributed by atoms with van der Waals surface area (Å²) in [4.78, 5) is 13.9. The molecule has 0 fully saturated rings. The summed E-state index contributed by atoms with van der Waals surface area (Å²) in [6.07, 6.45) is 1.37. The van der Waals surface area contributed by atoms with Gasteiger partial charge in [-0.15, -0.1) is 0 Å². The normalized spacial score (nSPS) is 17.0. The summed E-state index contributed by atoms with van der Waals surface area (Å²) in [6, 6.07) is 16.2. The Bertz CT molecular complexity index is 694. The smallest absolute Gasteiger partial charge is 0.246 e. The highest BCUT2D eigenvalue weighted by Gasteiger charge is 2.28. The summed E-state index contributed by atoms with van der Waals surface area (Å²) < 4.78 is 0. The second kappa shape index (κ2) is 6.16. The largest absolute Gasteiger partial charge is 0.392 e. The number of carbonyl (C=O) groups is 1. The van der Waals surface area contributed by atoms with E-state index in [2.05, 4.69) is 24.8 Å².